The first kappa shape index (κ1) is 24.0. The van der Waals surface area contributed by atoms with E-state index in [1.165, 1.54) is 0 Å². The second-order valence-electron chi connectivity index (χ2n) is 11.0. The van der Waals surface area contributed by atoms with Crippen LogP contribution < -0.4 is 0 Å². The molecule has 192 valence electrons. The van der Waals surface area contributed by atoms with Crippen molar-refractivity contribution < 1.29 is 14.1 Å². The second kappa shape index (κ2) is 9.17. The molecule has 1 saturated carbocycles. The number of ether oxygens (including phenoxy) is 1. The normalized spacial score (nSPS) is 19.8. The topological polar surface area (TPSA) is 86.3 Å². The fraction of sp³-hybridized carbons (Fsp3) is 0.429. The molecular weight excluding hydrogens is 490 g/mol. The molecular formula is C28H30ClN5O3. The van der Waals surface area contributed by atoms with Crippen LogP contribution in [-0.2, 0) is 17.8 Å². The number of hydrogen-bond donors (Lipinski definition) is 0. The lowest BCUT2D eigenvalue weighted by Gasteiger charge is -2.27. The van der Waals surface area contributed by atoms with E-state index in [0.29, 0.717) is 24.0 Å². The molecule has 0 N–H and O–H groups in total. The van der Waals surface area contributed by atoms with Gasteiger partial charge in [-0.25, -0.2) is 4.79 Å². The van der Waals surface area contributed by atoms with E-state index in [1.807, 2.05) is 57.2 Å². The Bertz CT molecular complexity index is 1460. The zero-order valence-corrected chi connectivity index (χ0v) is 22.0. The van der Waals surface area contributed by atoms with Crippen LogP contribution in [0.5, 0.6) is 0 Å². The van der Waals surface area contributed by atoms with Crippen LogP contribution in [-0.4, -0.2) is 36.5 Å². The van der Waals surface area contributed by atoms with Gasteiger partial charge in [-0.05, 0) is 82.3 Å². The number of para-hydroxylation sites is 1. The van der Waals surface area contributed by atoms with Crippen molar-refractivity contribution in [3.05, 3.63) is 70.4 Å². The molecule has 0 spiro atoms. The number of rotatable bonds is 2. The lowest BCUT2D eigenvalue weighted by atomic mass is 9.79. The summed E-state index contributed by atoms with van der Waals surface area (Å²) in [7, 11) is 0. The first-order valence-electron chi connectivity index (χ1n) is 12.8. The van der Waals surface area contributed by atoms with Crippen LogP contribution in [0, 0.1) is 0 Å². The fourth-order valence-corrected chi connectivity index (χ4v) is 5.77. The lowest BCUT2D eigenvalue weighted by Crippen LogP contribution is -2.35. The minimum atomic E-state index is -0.590. The Labute approximate surface area is 220 Å². The van der Waals surface area contributed by atoms with Crippen LogP contribution in [0.25, 0.3) is 16.7 Å². The number of hydrogen-bond acceptors (Lipinski definition) is 6. The van der Waals surface area contributed by atoms with Gasteiger partial charge in [0.15, 0.2) is 11.4 Å². The minimum Gasteiger partial charge on any atom is -0.444 e. The zero-order chi connectivity index (χ0) is 25.7. The van der Waals surface area contributed by atoms with Gasteiger partial charge in [-0.3, -0.25) is 9.47 Å². The number of benzene rings is 2. The van der Waals surface area contributed by atoms with Gasteiger partial charge in [0.25, 0.3) is 0 Å². The van der Waals surface area contributed by atoms with Crippen molar-refractivity contribution >= 4 is 28.7 Å². The highest BCUT2D eigenvalue weighted by atomic mass is 35.5. The molecule has 1 aliphatic carbocycles. The number of aromatic nitrogens is 4. The third-order valence-electron chi connectivity index (χ3n) is 7.27. The van der Waals surface area contributed by atoms with E-state index in [2.05, 4.69) is 26.0 Å². The molecule has 2 aliphatic rings. The summed E-state index contributed by atoms with van der Waals surface area (Å²) in [4.78, 5) is 14.7. The van der Waals surface area contributed by atoms with E-state index in [9.17, 15) is 4.79 Å². The monoisotopic (exact) mass is 519 g/mol. The Morgan fingerprint density at radius 3 is 2.57 bits per heavy atom. The molecule has 0 unspecified atom stereocenters. The van der Waals surface area contributed by atoms with E-state index in [4.69, 9.17) is 20.9 Å². The predicted molar refractivity (Wildman–Crippen MR) is 140 cm³/mol. The van der Waals surface area contributed by atoms with Crippen LogP contribution in [0.2, 0.25) is 5.02 Å². The third kappa shape index (κ3) is 4.59. The van der Waals surface area contributed by atoms with Crippen LogP contribution in [0.4, 0.5) is 4.79 Å². The molecule has 1 aliphatic heterocycles. The molecule has 1 amide bonds. The van der Waals surface area contributed by atoms with E-state index >= 15 is 0 Å². The first-order valence-corrected chi connectivity index (χ1v) is 13.2. The number of halogens is 1. The molecule has 2 aromatic heterocycles. The van der Waals surface area contributed by atoms with Gasteiger partial charge in [-0.2, -0.15) is 0 Å². The van der Waals surface area contributed by atoms with Gasteiger partial charge in [0.2, 0.25) is 0 Å². The summed E-state index contributed by atoms with van der Waals surface area (Å²) in [5.74, 6) is 2.28. The van der Waals surface area contributed by atoms with Crippen molar-refractivity contribution in [1.29, 1.82) is 0 Å². The Morgan fingerprint density at radius 2 is 1.78 bits per heavy atom. The van der Waals surface area contributed by atoms with Gasteiger partial charge in [-0.1, -0.05) is 28.9 Å². The van der Waals surface area contributed by atoms with E-state index in [-0.39, 0.29) is 12.0 Å². The quantitative estimate of drug-likeness (QED) is 0.291. The van der Waals surface area contributed by atoms with Crippen LogP contribution in [0.1, 0.15) is 81.2 Å². The van der Waals surface area contributed by atoms with Crippen molar-refractivity contribution in [1.82, 2.24) is 24.8 Å². The second-order valence-corrected chi connectivity index (χ2v) is 11.5. The highest BCUT2D eigenvalue weighted by Crippen LogP contribution is 2.42. The molecule has 3 heterocycles. The van der Waals surface area contributed by atoms with E-state index in [0.717, 1.165) is 65.2 Å². The van der Waals surface area contributed by atoms with Crippen molar-refractivity contribution in [3.8, 4) is 5.69 Å². The molecule has 0 radical (unpaired) electrons. The lowest BCUT2D eigenvalue weighted by molar-refractivity contribution is 0.0214. The number of fused-ring (bicyclic) bond motifs is 4. The molecule has 6 rings (SSSR count). The highest BCUT2D eigenvalue weighted by Gasteiger charge is 2.34. The number of carbonyl (C=O) groups excluding carboxylic acids is 1. The van der Waals surface area contributed by atoms with Crippen LogP contribution >= 0.6 is 11.6 Å². The summed E-state index contributed by atoms with van der Waals surface area (Å²) in [5, 5.41) is 15.4. The van der Waals surface area contributed by atoms with Gasteiger partial charge < -0.3 is 9.26 Å². The van der Waals surface area contributed by atoms with Gasteiger partial charge in [-0.15, -0.1) is 10.2 Å². The largest absolute Gasteiger partial charge is 0.444 e. The number of carbonyl (C=O) groups is 1. The van der Waals surface area contributed by atoms with Crippen molar-refractivity contribution in [2.75, 3.05) is 0 Å². The molecule has 37 heavy (non-hydrogen) atoms. The van der Waals surface area contributed by atoms with Crippen molar-refractivity contribution in [2.45, 2.75) is 77.0 Å². The SMILES string of the molecule is CC(C)(C)OC(=O)N1Cc2cc(Cl)ccc2-n2c(nnc2[C@H]2CC[C@@H](c3noc4ccccc43)CC2)C1. The summed E-state index contributed by atoms with van der Waals surface area (Å²) >= 11 is 6.37. The summed E-state index contributed by atoms with van der Waals surface area (Å²) in [6.45, 7) is 6.30. The van der Waals surface area contributed by atoms with Crippen LogP contribution in [0.3, 0.4) is 0 Å². The molecule has 8 nitrogen and oxygen atoms in total. The standard InChI is InChI=1S/C28H30ClN5O3/c1-28(2,3)36-27(35)33-15-19-14-20(29)12-13-22(19)34-24(16-33)30-31-26(34)18-10-8-17(9-11-18)25-21-6-4-5-7-23(21)37-32-25/h4-7,12-14,17-18H,8-11,15-16H2,1-3H3/t17-,18+. The minimum absolute atomic E-state index is 0.257. The molecule has 0 atom stereocenters. The van der Waals surface area contributed by atoms with Gasteiger partial charge in [0, 0.05) is 22.2 Å². The first-order chi connectivity index (χ1) is 17.8. The average Bonchev–Trinajstić information content (AvgIpc) is 3.43. The molecule has 1 fully saturated rings. The summed E-state index contributed by atoms with van der Waals surface area (Å²) in [5.41, 5.74) is 3.22. The fourth-order valence-electron chi connectivity index (χ4n) is 5.57. The van der Waals surface area contributed by atoms with Crippen molar-refractivity contribution in [3.63, 3.8) is 0 Å². The molecule has 0 saturated heterocycles. The smallest absolute Gasteiger partial charge is 0.411 e. The molecule has 9 heteroatoms. The van der Waals surface area contributed by atoms with E-state index in [1.54, 1.807) is 4.90 Å². The Kier molecular flexibility index (Phi) is 5.94. The number of amides is 1. The molecule has 0 bridgehead atoms. The van der Waals surface area contributed by atoms with Gasteiger partial charge in [0.05, 0.1) is 24.5 Å². The average molecular weight is 520 g/mol. The highest BCUT2D eigenvalue weighted by molar-refractivity contribution is 6.30. The maximum Gasteiger partial charge on any atom is 0.411 e. The van der Waals surface area contributed by atoms with E-state index < -0.39 is 5.60 Å². The summed E-state index contributed by atoms with van der Waals surface area (Å²) in [6, 6.07) is 13.9. The maximum absolute atomic E-state index is 13.0. The Balaban J connectivity index is 1.29. The zero-order valence-electron chi connectivity index (χ0n) is 21.3. The number of nitrogens with zero attached hydrogens (tertiary/aromatic N) is 5. The molecule has 2 aromatic carbocycles. The summed E-state index contributed by atoms with van der Waals surface area (Å²) < 4.78 is 13.4. The molecule has 4 aromatic rings. The summed E-state index contributed by atoms with van der Waals surface area (Å²) in [6.07, 6.45) is 3.57. The van der Waals surface area contributed by atoms with Gasteiger partial charge in [0.1, 0.15) is 11.4 Å². The van der Waals surface area contributed by atoms with Crippen molar-refractivity contribution in [2.24, 2.45) is 0 Å². The Hall–Kier alpha value is -3.39. The predicted octanol–water partition coefficient (Wildman–Crippen LogP) is 6.75. The van der Waals surface area contributed by atoms with Crippen LogP contribution in [0.15, 0.2) is 47.0 Å². The van der Waals surface area contributed by atoms with Gasteiger partial charge >= 0.3 is 6.09 Å². The third-order valence-corrected chi connectivity index (χ3v) is 7.50. The Morgan fingerprint density at radius 1 is 1.03 bits per heavy atom. The maximum atomic E-state index is 13.0.